The number of para-hydroxylation sites is 2. The third kappa shape index (κ3) is 6.40. The van der Waals surface area contributed by atoms with Crippen molar-refractivity contribution in [1.82, 2.24) is 0 Å². The normalized spacial score (nSPS) is 11.5. The molecule has 0 saturated carbocycles. The van der Waals surface area contributed by atoms with Crippen molar-refractivity contribution >= 4 is 34.8 Å². The Bertz CT molecular complexity index is 1080. The van der Waals surface area contributed by atoms with E-state index in [1.54, 1.807) is 0 Å². The molecule has 0 aliphatic heterocycles. The van der Waals surface area contributed by atoms with Crippen LogP contribution in [0.2, 0.25) is 0 Å². The fraction of sp³-hybridized carbons (Fsp3) is 0.0909. The van der Waals surface area contributed by atoms with Gasteiger partial charge >= 0.3 is 24.4 Å². The maximum absolute atomic E-state index is 13.0. The number of nitrogens with one attached hydrogen (secondary N) is 4. The number of hydrogen-bond donors (Lipinski definition) is 4. The third-order valence-corrected chi connectivity index (χ3v) is 4.36. The monoisotopic (exact) mass is 482 g/mol. The lowest BCUT2D eigenvalue weighted by Gasteiger charge is -2.15. The van der Waals surface area contributed by atoms with E-state index in [9.17, 15) is 35.9 Å². The van der Waals surface area contributed by atoms with Gasteiger partial charge in [0.05, 0.1) is 22.5 Å². The van der Waals surface area contributed by atoms with Crippen LogP contribution in [0, 0.1) is 0 Å². The van der Waals surface area contributed by atoms with Crippen molar-refractivity contribution in [2.75, 3.05) is 21.3 Å². The fourth-order valence-electron chi connectivity index (χ4n) is 2.88. The second-order valence-electron chi connectivity index (χ2n) is 6.82. The van der Waals surface area contributed by atoms with Crippen LogP contribution in [0.3, 0.4) is 0 Å². The lowest BCUT2D eigenvalue weighted by Crippen LogP contribution is -2.22. The predicted octanol–water partition coefficient (Wildman–Crippen LogP) is 7.01. The maximum Gasteiger partial charge on any atom is 0.418 e. The molecule has 0 fully saturated rings. The van der Waals surface area contributed by atoms with Crippen LogP contribution in [0.25, 0.3) is 0 Å². The number of rotatable bonds is 4. The summed E-state index contributed by atoms with van der Waals surface area (Å²) in [5.74, 6) is 0. The number of carbonyl (C=O) groups is 2. The summed E-state index contributed by atoms with van der Waals surface area (Å²) in [5.41, 5.74) is -2.50. The van der Waals surface area contributed by atoms with Crippen molar-refractivity contribution in [1.29, 1.82) is 0 Å². The van der Waals surface area contributed by atoms with E-state index in [1.807, 2.05) is 0 Å². The lowest BCUT2D eigenvalue weighted by atomic mass is 10.1. The topological polar surface area (TPSA) is 82.3 Å². The summed E-state index contributed by atoms with van der Waals surface area (Å²) in [4.78, 5) is 24.2. The van der Waals surface area contributed by atoms with Crippen molar-refractivity contribution in [2.24, 2.45) is 0 Å². The van der Waals surface area contributed by atoms with Crippen molar-refractivity contribution in [3.8, 4) is 0 Å². The van der Waals surface area contributed by atoms with Crippen molar-refractivity contribution in [3.05, 3.63) is 83.9 Å². The summed E-state index contributed by atoms with van der Waals surface area (Å²) >= 11 is 0. The molecule has 0 radical (unpaired) electrons. The first-order valence-electron chi connectivity index (χ1n) is 9.52. The zero-order valence-electron chi connectivity index (χ0n) is 17.0. The minimum Gasteiger partial charge on any atom is -0.308 e. The van der Waals surface area contributed by atoms with Gasteiger partial charge in [-0.2, -0.15) is 26.3 Å². The summed E-state index contributed by atoms with van der Waals surface area (Å²) < 4.78 is 78.2. The van der Waals surface area contributed by atoms with Crippen LogP contribution in [-0.4, -0.2) is 12.1 Å². The average Bonchev–Trinajstić information content (AvgIpc) is 2.74. The average molecular weight is 482 g/mol. The van der Waals surface area contributed by atoms with Crippen molar-refractivity contribution in [3.63, 3.8) is 0 Å². The molecule has 0 unspecified atom stereocenters. The van der Waals surface area contributed by atoms with E-state index in [4.69, 9.17) is 0 Å². The van der Waals surface area contributed by atoms with E-state index >= 15 is 0 Å². The number of halogens is 6. The van der Waals surface area contributed by atoms with E-state index in [0.717, 1.165) is 24.3 Å². The number of hydrogen-bond acceptors (Lipinski definition) is 2. The highest BCUT2D eigenvalue weighted by atomic mass is 19.4. The molecule has 0 aliphatic carbocycles. The molecule has 4 amide bonds. The number of benzene rings is 3. The minimum absolute atomic E-state index is 0.190. The summed E-state index contributed by atoms with van der Waals surface area (Å²) in [6.45, 7) is 0. The van der Waals surface area contributed by atoms with Crippen molar-refractivity contribution in [2.45, 2.75) is 12.4 Å². The predicted molar refractivity (Wildman–Crippen MR) is 115 cm³/mol. The van der Waals surface area contributed by atoms with E-state index in [1.165, 1.54) is 48.5 Å². The smallest absolute Gasteiger partial charge is 0.308 e. The van der Waals surface area contributed by atoms with Gasteiger partial charge in [0, 0.05) is 11.4 Å². The van der Waals surface area contributed by atoms with Crippen LogP contribution in [-0.2, 0) is 12.4 Å². The molecule has 3 aromatic rings. The summed E-state index contributed by atoms with van der Waals surface area (Å²) in [6, 6.07) is 12.4. The van der Waals surface area contributed by atoms with Crippen LogP contribution in [0.15, 0.2) is 72.8 Å². The molecular formula is C22H16F6N4O2. The van der Waals surface area contributed by atoms with E-state index in [0.29, 0.717) is 0 Å². The first-order chi connectivity index (χ1) is 15.9. The Morgan fingerprint density at radius 2 is 0.824 bits per heavy atom. The quantitative estimate of drug-likeness (QED) is 0.302. The molecule has 0 aliphatic rings. The Morgan fingerprint density at radius 3 is 1.15 bits per heavy atom. The standard InChI is InChI=1S/C22H16F6N4O2/c23-21(24,25)15-5-1-3-7-17(15)31-19(33)29-13-9-11-14(12-10-13)30-20(34)32-18-8-4-2-6-16(18)22(26,27)28/h1-12H,(H2,29,31,33)(H2,30,32,34). The summed E-state index contributed by atoms with van der Waals surface area (Å²) in [5, 5.41) is 8.92. The van der Waals surface area contributed by atoms with Crippen LogP contribution in [0.4, 0.5) is 58.7 Å². The first kappa shape index (κ1) is 24.4. The number of amides is 4. The van der Waals surface area contributed by atoms with Gasteiger partial charge in [0.15, 0.2) is 0 Å². The number of urea groups is 2. The Hall–Kier alpha value is -4.22. The molecule has 4 N–H and O–H groups in total. The number of carbonyl (C=O) groups excluding carboxylic acids is 2. The SMILES string of the molecule is O=C(Nc1ccc(NC(=O)Nc2ccccc2C(F)(F)F)cc1)Nc1ccccc1C(F)(F)F. The van der Waals surface area contributed by atoms with Gasteiger partial charge in [-0.3, -0.25) is 0 Å². The largest absolute Gasteiger partial charge is 0.418 e. The van der Waals surface area contributed by atoms with Crippen LogP contribution >= 0.6 is 0 Å². The molecule has 0 saturated heterocycles. The third-order valence-electron chi connectivity index (χ3n) is 4.36. The van der Waals surface area contributed by atoms with Crippen LogP contribution in [0.5, 0.6) is 0 Å². The fourth-order valence-corrected chi connectivity index (χ4v) is 2.88. The molecule has 0 atom stereocenters. The second kappa shape index (κ2) is 9.73. The summed E-state index contributed by atoms with van der Waals surface area (Å²) in [7, 11) is 0. The Morgan fingerprint density at radius 1 is 0.500 bits per heavy atom. The van der Waals surface area contributed by atoms with Gasteiger partial charge in [-0.25, -0.2) is 9.59 Å². The van der Waals surface area contributed by atoms with Crippen molar-refractivity contribution < 1.29 is 35.9 Å². The van der Waals surface area contributed by atoms with Gasteiger partial charge < -0.3 is 21.3 Å². The van der Waals surface area contributed by atoms with E-state index in [-0.39, 0.29) is 11.4 Å². The highest BCUT2D eigenvalue weighted by Gasteiger charge is 2.34. The first-order valence-corrected chi connectivity index (χ1v) is 9.52. The van der Waals surface area contributed by atoms with Crippen LogP contribution < -0.4 is 21.3 Å². The number of anilines is 4. The highest BCUT2D eigenvalue weighted by Crippen LogP contribution is 2.35. The Labute approximate surface area is 189 Å². The zero-order chi connectivity index (χ0) is 24.9. The molecule has 6 nitrogen and oxygen atoms in total. The van der Waals surface area contributed by atoms with Crippen LogP contribution in [0.1, 0.15) is 11.1 Å². The lowest BCUT2D eigenvalue weighted by molar-refractivity contribution is -0.137. The Balaban J connectivity index is 1.60. The molecule has 34 heavy (non-hydrogen) atoms. The highest BCUT2D eigenvalue weighted by molar-refractivity contribution is 6.02. The molecular weight excluding hydrogens is 466 g/mol. The van der Waals surface area contributed by atoms with Gasteiger partial charge in [-0.1, -0.05) is 24.3 Å². The van der Waals surface area contributed by atoms with Gasteiger partial charge in [-0.05, 0) is 48.5 Å². The molecule has 3 rings (SSSR count). The second-order valence-corrected chi connectivity index (χ2v) is 6.82. The van der Waals surface area contributed by atoms with Gasteiger partial charge in [0.1, 0.15) is 0 Å². The van der Waals surface area contributed by atoms with Gasteiger partial charge in [0.25, 0.3) is 0 Å². The van der Waals surface area contributed by atoms with E-state index in [2.05, 4.69) is 21.3 Å². The molecule has 0 spiro atoms. The molecule has 3 aromatic carbocycles. The minimum atomic E-state index is -4.65. The molecule has 0 heterocycles. The molecule has 0 bridgehead atoms. The summed E-state index contributed by atoms with van der Waals surface area (Å²) in [6.07, 6.45) is -9.31. The van der Waals surface area contributed by atoms with Gasteiger partial charge in [-0.15, -0.1) is 0 Å². The molecule has 178 valence electrons. The molecule has 0 aromatic heterocycles. The molecule has 12 heteroatoms. The van der Waals surface area contributed by atoms with E-state index < -0.39 is 46.9 Å². The number of alkyl halides is 6. The zero-order valence-corrected chi connectivity index (χ0v) is 17.0. The Kier molecular flexibility index (Phi) is 6.99. The van der Waals surface area contributed by atoms with Gasteiger partial charge in [0.2, 0.25) is 0 Å². The maximum atomic E-state index is 13.0.